The predicted octanol–water partition coefficient (Wildman–Crippen LogP) is 3.69. The third kappa shape index (κ3) is 4.37. The molecule has 0 fully saturated rings. The Morgan fingerprint density at radius 1 is 1.23 bits per heavy atom. The van der Waals surface area contributed by atoms with Gasteiger partial charge in [-0.25, -0.2) is 4.98 Å². The quantitative estimate of drug-likeness (QED) is 0.726. The highest BCUT2D eigenvalue weighted by atomic mass is 32.1. The number of H-pyrrole nitrogens is 1. The summed E-state index contributed by atoms with van der Waals surface area (Å²) in [5.41, 5.74) is -0.258. The zero-order valence-corrected chi connectivity index (χ0v) is 13.9. The van der Waals surface area contributed by atoms with Gasteiger partial charge in [0, 0.05) is 29.8 Å². The first-order valence-corrected chi connectivity index (χ1v) is 8.24. The number of rotatable bonds is 4. The first-order chi connectivity index (χ1) is 12.3. The number of carbonyl (C=O) groups excluding carboxylic acids is 1. The molecule has 3 aromatic rings. The number of aromatic amines is 1. The minimum absolute atomic E-state index is 0.263. The molecule has 0 atom stereocenters. The standard InChI is InChI=1S/C17H12F3N3O2S/c18-17(19,20)12-3-1-2-10(6-12)7-13-9-22-16(26-13)23-15(25)11-4-5-14(24)21-8-11/h1-6,8-9H,7H2,(H,21,24)(H,22,23,25). The van der Waals surface area contributed by atoms with Gasteiger partial charge in [-0.3, -0.25) is 14.9 Å². The molecule has 0 aliphatic heterocycles. The smallest absolute Gasteiger partial charge is 0.328 e. The fraction of sp³-hybridized carbons (Fsp3) is 0.118. The summed E-state index contributed by atoms with van der Waals surface area (Å²) < 4.78 is 38.3. The molecule has 0 unspecified atom stereocenters. The Kier molecular flexibility index (Phi) is 4.90. The van der Waals surface area contributed by atoms with Crippen molar-refractivity contribution < 1.29 is 18.0 Å². The second-order valence-electron chi connectivity index (χ2n) is 5.40. The number of alkyl halides is 3. The zero-order chi connectivity index (χ0) is 18.7. The summed E-state index contributed by atoms with van der Waals surface area (Å²) in [5.74, 6) is -0.443. The van der Waals surface area contributed by atoms with Gasteiger partial charge in [-0.05, 0) is 17.7 Å². The van der Waals surface area contributed by atoms with E-state index in [1.54, 1.807) is 6.07 Å². The molecule has 0 saturated heterocycles. The lowest BCUT2D eigenvalue weighted by Gasteiger charge is -2.07. The third-order valence-corrected chi connectivity index (χ3v) is 4.37. The van der Waals surface area contributed by atoms with Crippen molar-refractivity contribution in [1.82, 2.24) is 9.97 Å². The highest BCUT2D eigenvalue weighted by molar-refractivity contribution is 7.15. The van der Waals surface area contributed by atoms with E-state index in [0.29, 0.717) is 15.6 Å². The number of nitrogens with zero attached hydrogens (tertiary/aromatic N) is 1. The molecule has 134 valence electrons. The van der Waals surface area contributed by atoms with Crippen molar-refractivity contribution in [3.63, 3.8) is 0 Å². The van der Waals surface area contributed by atoms with E-state index in [2.05, 4.69) is 15.3 Å². The number of benzene rings is 1. The first kappa shape index (κ1) is 17.9. The molecule has 0 bridgehead atoms. The maximum absolute atomic E-state index is 12.8. The van der Waals surface area contributed by atoms with Crippen molar-refractivity contribution in [2.24, 2.45) is 0 Å². The normalized spacial score (nSPS) is 11.3. The number of halogens is 3. The number of nitrogens with one attached hydrogen (secondary N) is 2. The van der Waals surface area contributed by atoms with Gasteiger partial charge in [0.2, 0.25) is 5.56 Å². The number of amides is 1. The molecule has 0 saturated carbocycles. The minimum Gasteiger partial charge on any atom is -0.328 e. The maximum atomic E-state index is 12.8. The fourth-order valence-corrected chi connectivity index (χ4v) is 3.07. The molecule has 2 N–H and O–H groups in total. The molecule has 9 heteroatoms. The number of anilines is 1. The van der Waals surface area contributed by atoms with Gasteiger partial charge in [-0.1, -0.05) is 18.2 Å². The van der Waals surface area contributed by atoms with Gasteiger partial charge in [-0.15, -0.1) is 11.3 Å². The monoisotopic (exact) mass is 379 g/mol. The lowest BCUT2D eigenvalue weighted by Crippen LogP contribution is -2.14. The molecule has 0 spiro atoms. The molecule has 0 radical (unpaired) electrons. The highest BCUT2D eigenvalue weighted by Crippen LogP contribution is 2.30. The molecule has 26 heavy (non-hydrogen) atoms. The zero-order valence-electron chi connectivity index (χ0n) is 13.1. The summed E-state index contributed by atoms with van der Waals surface area (Å²) in [6.45, 7) is 0. The van der Waals surface area contributed by atoms with Crippen LogP contribution >= 0.6 is 11.3 Å². The van der Waals surface area contributed by atoms with Crippen LogP contribution in [0.1, 0.15) is 26.4 Å². The lowest BCUT2D eigenvalue weighted by atomic mass is 10.1. The van der Waals surface area contributed by atoms with Gasteiger partial charge < -0.3 is 4.98 Å². The largest absolute Gasteiger partial charge is 0.416 e. The van der Waals surface area contributed by atoms with Crippen molar-refractivity contribution in [3.8, 4) is 0 Å². The van der Waals surface area contributed by atoms with E-state index in [1.807, 2.05) is 0 Å². The van der Waals surface area contributed by atoms with Gasteiger partial charge in [-0.2, -0.15) is 13.2 Å². The van der Waals surface area contributed by atoms with E-state index >= 15 is 0 Å². The van der Waals surface area contributed by atoms with Crippen LogP contribution in [0, 0.1) is 0 Å². The Bertz CT molecular complexity index is 975. The van der Waals surface area contributed by atoms with E-state index in [0.717, 1.165) is 12.1 Å². The number of aromatic nitrogens is 2. The van der Waals surface area contributed by atoms with Crippen molar-refractivity contribution in [2.75, 3.05) is 5.32 Å². The Balaban J connectivity index is 1.69. The predicted molar refractivity (Wildman–Crippen MR) is 91.4 cm³/mol. The summed E-state index contributed by atoms with van der Waals surface area (Å²) in [5, 5.41) is 2.91. The van der Waals surface area contributed by atoms with E-state index in [4.69, 9.17) is 0 Å². The Hall–Kier alpha value is -2.94. The summed E-state index contributed by atoms with van der Waals surface area (Å²) in [6, 6.07) is 7.69. The summed E-state index contributed by atoms with van der Waals surface area (Å²) >= 11 is 1.17. The Labute approximate surface area is 149 Å². The second-order valence-corrected chi connectivity index (χ2v) is 6.52. The Morgan fingerprint density at radius 2 is 2.04 bits per heavy atom. The minimum atomic E-state index is -4.39. The molecule has 2 aromatic heterocycles. The van der Waals surface area contributed by atoms with Crippen LogP contribution in [0.5, 0.6) is 0 Å². The van der Waals surface area contributed by atoms with Crippen LogP contribution in [0.4, 0.5) is 18.3 Å². The fourth-order valence-electron chi connectivity index (χ4n) is 2.23. The van der Waals surface area contributed by atoms with Gasteiger partial charge in [0.15, 0.2) is 5.13 Å². The van der Waals surface area contributed by atoms with Crippen molar-refractivity contribution >= 4 is 22.4 Å². The van der Waals surface area contributed by atoms with Gasteiger partial charge >= 0.3 is 6.18 Å². The molecule has 5 nitrogen and oxygen atoms in total. The average molecular weight is 379 g/mol. The van der Waals surface area contributed by atoms with Crippen LogP contribution in [-0.2, 0) is 12.6 Å². The summed E-state index contributed by atoms with van der Waals surface area (Å²) in [4.78, 5) is 30.2. The highest BCUT2D eigenvalue weighted by Gasteiger charge is 2.30. The molecular weight excluding hydrogens is 367 g/mol. The summed E-state index contributed by atoms with van der Waals surface area (Å²) in [6.07, 6.45) is -1.32. The number of hydrogen-bond donors (Lipinski definition) is 2. The van der Waals surface area contributed by atoms with E-state index in [9.17, 15) is 22.8 Å². The average Bonchev–Trinajstić information content (AvgIpc) is 3.02. The molecule has 0 aliphatic rings. The molecule has 1 aromatic carbocycles. The van der Waals surface area contributed by atoms with Gasteiger partial charge in [0.05, 0.1) is 11.1 Å². The molecule has 2 heterocycles. The Morgan fingerprint density at radius 3 is 2.73 bits per heavy atom. The van der Waals surface area contributed by atoms with Gasteiger partial charge in [0.1, 0.15) is 0 Å². The topological polar surface area (TPSA) is 74.8 Å². The summed E-state index contributed by atoms with van der Waals surface area (Å²) in [7, 11) is 0. The van der Waals surface area contributed by atoms with Crippen LogP contribution < -0.4 is 10.9 Å². The van der Waals surface area contributed by atoms with Crippen LogP contribution in [0.25, 0.3) is 0 Å². The van der Waals surface area contributed by atoms with Crippen LogP contribution in [0.15, 0.2) is 53.6 Å². The van der Waals surface area contributed by atoms with E-state index < -0.39 is 17.6 Å². The molecule has 0 aliphatic carbocycles. The number of pyridine rings is 1. The third-order valence-electron chi connectivity index (χ3n) is 3.45. The van der Waals surface area contributed by atoms with Crippen LogP contribution in [0.2, 0.25) is 0 Å². The molecule has 3 rings (SSSR count). The molecule has 1 amide bonds. The van der Waals surface area contributed by atoms with Crippen molar-refractivity contribution in [3.05, 3.63) is 80.7 Å². The first-order valence-electron chi connectivity index (χ1n) is 7.42. The maximum Gasteiger partial charge on any atom is 0.416 e. The lowest BCUT2D eigenvalue weighted by molar-refractivity contribution is -0.137. The molecular formula is C17H12F3N3O2S. The number of carbonyl (C=O) groups is 1. The van der Waals surface area contributed by atoms with E-state index in [-0.39, 0.29) is 17.5 Å². The number of thiazole rings is 1. The van der Waals surface area contributed by atoms with Crippen molar-refractivity contribution in [1.29, 1.82) is 0 Å². The van der Waals surface area contributed by atoms with E-state index in [1.165, 1.54) is 41.9 Å². The van der Waals surface area contributed by atoms with Crippen LogP contribution in [0.3, 0.4) is 0 Å². The second kappa shape index (κ2) is 7.12. The van der Waals surface area contributed by atoms with Crippen molar-refractivity contribution in [2.45, 2.75) is 12.6 Å². The number of hydrogen-bond acceptors (Lipinski definition) is 4. The van der Waals surface area contributed by atoms with Gasteiger partial charge in [0.25, 0.3) is 5.91 Å². The van der Waals surface area contributed by atoms with Crippen LogP contribution in [-0.4, -0.2) is 15.9 Å². The SMILES string of the molecule is O=C(Nc1ncc(Cc2cccc(C(F)(F)F)c2)s1)c1ccc(=O)[nH]c1.